The smallest absolute Gasteiger partial charge is 0.335 e. The van der Waals surface area contributed by atoms with Gasteiger partial charge in [0.25, 0.3) is 5.56 Å². The van der Waals surface area contributed by atoms with E-state index in [1.165, 1.54) is 14.7 Å². The van der Waals surface area contributed by atoms with Crippen molar-refractivity contribution in [3.63, 3.8) is 0 Å². The molecular formula is C28H32Cl2N6O2. The lowest BCUT2D eigenvalue weighted by Gasteiger charge is -2.15. The molecule has 4 aromatic rings. The molecule has 3 aromatic carbocycles. The summed E-state index contributed by atoms with van der Waals surface area (Å²) in [5.74, 6) is 0.0286. The third-order valence-corrected chi connectivity index (χ3v) is 5.88. The number of nitrogens with two attached hydrogens (primary N) is 1. The summed E-state index contributed by atoms with van der Waals surface area (Å²) in [6.07, 6.45) is 2.35. The number of benzene rings is 3. The molecule has 8 nitrogen and oxygen atoms in total. The highest BCUT2D eigenvalue weighted by atomic mass is 35.5. The number of hydrogen-bond donors (Lipinski definition) is 4. The third kappa shape index (κ3) is 7.82. The summed E-state index contributed by atoms with van der Waals surface area (Å²) in [4.78, 5) is 26.5. The maximum absolute atomic E-state index is 13.2. The molecule has 0 aliphatic heterocycles. The summed E-state index contributed by atoms with van der Waals surface area (Å²) in [6.45, 7) is 1.80. The van der Waals surface area contributed by atoms with Gasteiger partial charge in [-0.15, -0.1) is 24.8 Å². The first-order valence-corrected chi connectivity index (χ1v) is 11.9. The second-order valence-corrected chi connectivity index (χ2v) is 8.44. The molecule has 0 aliphatic carbocycles. The fourth-order valence-corrected chi connectivity index (χ4v) is 3.91. The Morgan fingerprint density at radius 3 is 2.08 bits per heavy atom. The summed E-state index contributed by atoms with van der Waals surface area (Å²) in [5, 5.41) is 14.0. The standard InChI is InChI=1S/C28H30N6O2.2ClH/c29-26(30)23-13-11-22(12-14-23)19-31-17-18-33-27(35)25(32-16-15-21-7-3-1-4-8-21)20-34(28(33)36)24-9-5-2-6-10-24;;/h1-14,20,31-32H,15-19H2,(H3,29,30);2*1H. The molecule has 0 unspecified atom stereocenters. The molecule has 4 rings (SSSR count). The van der Waals surface area contributed by atoms with E-state index in [2.05, 4.69) is 10.6 Å². The Bertz CT molecular complexity index is 1420. The van der Waals surface area contributed by atoms with Crippen LogP contribution in [-0.2, 0) is 19.5 Å². The Morgan fingerprint density at radius 2 is 1.45 bits per heavy atom. The second-order valence-electron chi connectivity index (χ2n) is 8.44. The van der Waals surface area contributed by atoms with Crippen molar-refractivity contribution < 1.29 is 0 Å². The van der Waals surface area contributed by atoms with E-state index in [9.17, 15) is 9.59 Å². The van der Waals surface area contributed by atoms with E-state index in [1.54, 1.807) is 18.3 Å². The van der Waals surface area contributed by atoms with Crippen molar-refractivity contribution in [1.82, 2.24) is 14.5 Å². The molecule has 0 radical (unpaired) electrons. The van der Waals surface area contributed by atoms with Gasteiger partial charge in [-0.1, -0.05) is 72.8 Å². The third-order valence-electron chi connectivity index (χ3n) is 5.88. The van der Waals surface area contributed by atoms with Gasteiger partial charge in [-0.3, -0.25) is 19.3 Å². The molecule has 0 spiro atoms. The monoisotopic (exact) mass is 554 g/mol. The molecule has 200 valence electrons. The van der Waals surface area contributed by atoms with Crippen LogP contribution in [0.25, 0.3) is 5.69 Å². The van der Waals surface area contributed by atoms with Crippen LogP contribution in [0.15, 0.2) is 101 Å². The first kappa shape index (κ1) is 30.4. The first-order valence-electron chi connectivity index (χ1n) is 11.9. The largest absolute Gasteiger partial charge is 0.384 e. The number of anilines is 1. The number of nitrogens with one attached hydrogen (secondary N) is 3. The molecule has 38 heavy (non-hydrogen) atoms. The second kappa shape index (κ2) is 14.8. The SMILES string of the molecule is Cl.Cl.N=C(N)c1ccc(CNCCn2c(=O)c(NCCc3ccccc3)cn(-c3ccccc3)c2=O)cc1. The number of hydrogen-bond acceptors (Lipinski definition) is 5. The Labute approximate surface area is 233 Å². The zero-order valence-electron chi connectivity index (χ0n) is 20.8. The van der Waals surface area contributed by atoms with Gasteiger partial charge in [0.15, 0.2) is 0 Å². The number of nitrogens with zero attached hydrogens (tertiary/aromatic N) is 2. The first-order chi connectivity index (χ1) is 17.5. The minimum atomic E-state index is -0.382. The molecule has 0 saturated heterocycles. The molecule has 0 aliphatic rings. The van der Waals surface area contributed by atoms with E-state index < -0.39 is 0 Å². The van der Waals surface area contributed by atoms with Crippen LogP contribution in [0.1, 0.15) is 16.7 Å². The van der Waals surface area contributed by atoms with Gasteiger partial charge in [0.1, 0.15) is 11.5 Å². The van der Waals surface area contributed by atoms with Crippen LogP contribution < -0.4 is 27.6 Å². The number of para-hydroxylation sites is 1. The average molecular weight is 556 g/mol. The van der Waals surface area contributed by atoms with Crippen LogP contribution in [0.4, 0.5) is 5.69 Å². The average Bonchev–Trinajstić information content (AvgIpc) is 2.91. The van der Waals surface area contributed by atoms with Crippen molar-refractivity contribution >= 4 is 36.3 Å². The van der Waals surface area contributed by atoms with E-state index in [0.29, 0.717) is 36.6 Å². The lowest BCUT2D eigenvalue weighted by atomic mass is 10.1. The minimum Gasteiger partial charge on any atom is -0.384 e. The fourth-order valence-electron chi connectivity index (χ4n) is 3.91. The predicted octanol–water partition coefficient (Wildman–Crippen LogP) is 3.57. The molecule has 0 atom stereocenters. The van der Waals surface area contributed by atoms with Crippen LogP contribution in [0.3, 0.4) is 0 Å². The summed E-state index contributed by atoms with van der Waals surface area (Å²) < 4.78 is 2.77. The van der Waals surface area contributed by atoms with E-state index in [4.69, 9.17) is 11.1 Å². The normalized spacial score (nSPS) is 10.2. The molecule has 1 heterocycles. The van der Waals surface area contributed by atoms with Crippen LogP contribution >= 0.6 is 24.8 Å². The van der Waals surface area contributed by atoms with E-state index in [1.807, 2.05) is 72.8 Å². The Balaban J connectivity index is 0.00000253. The molecule has 0 saturated carbocycles. The van der Waals surface area contributed by atoms with Crippen LogP contribution in [0.2, 0.25) is 0 Å². The van der Waals surface area contributed by atoms with E-state index in [-0.39, 0.29) is 48.4 Å². The maximum atomic E-state index is 13.2. The molecular weight excluding hydrogens is 523 g/mol. The number of amidine groups is 1. The van der Waals surface area contributed by atoms with Crippen LogP contribution in [0.5, 0.6) is 0 Å². The Morgan fingerprint density at radius 1 is 0.816 bits per heavy atom. The van der Waals surface area contributed by atoms with Crippen molar-refractivity contribution in [2.24, 2.45) is 5.73 Å². The minimum absolute atomic E-state index is 0. The van der Waals surface area contributed by atoms with Gasteiger partial charge in [-0.2, -0.15) is 0 Å². The summed E-state index contributed by atoms with van der Waals surface area (Å²) in [7, 11) is 0. The molecule has 0 fully saturated rings. The highest BCUT2D eigenvalue weighted by Gasteiger charge is 2.12. The topological polar surface area (TPSA) is 118 Å². The maximum Gasteiger partial charge on any atom is 0.335 e. The Kier molecular flexibility index (Phi) is 11.8. The molecule has 5 N–H and O–H groups in total. The summed E-state index contributed by atoms with van der Waals surface area (Å²) in [5.41, 5.74) is 8.72. The zero-order valence-corrected chi connectivity index (χ0v) is 22.4. The van der Waals surface area contributed by atoms with Crippen molar-refractivity contribution in [2.45, 2.75) is 19.5 Å². The van der Waals surface area contributed by atoms with Crippen LogP contribution in [-0.4, -0.2) is 28.1 Å². The summed E-state index contributed by atoms with van der Waals surface area (Å²) in [6, 6.07) is 26.7. The number of halogens is 2. The van der Waals surface area contributed by atoms with Crippen molar-refractivity contribution in [1.29, 1.82) is 5.41 Å². The van der Waals surface area contributed by atoms with Gasteiger partial charge in [-0.25, -0.2) is 4.79 Å². The van der Waals surface area contributed by atoms with Gasteiger partial charge in [-0.05, 0) is 29.7 Å². The lowest BCUT2D eigenvalue weighted by Crippen LogP contribution is -2.42. The zero-order chi connectivity index (χ0) is 25.3. The number of rotatable bonds is 11. The van der Waals surface area contributed by atoms with Crippen molar-refractivity contribution in [3.8, 4) is 5.69 Å². The van der Waals surface area contributed by atoms with Gasteiger partial charge in [0.2, 0.25) is 0 Å². The van der Waals surface area contributed by atoms with Crippen molar-refractivity contribution in [2.75, 3.05) is 18.4 Å². The van der Waals surface area contributed by atoms with E-state index >= 15 is 0 Å². The fraction of sp³-hybridized carbons (Fsp3) is 0.179. The quantitative estimate of drug-likeness (QED) is 0.128. The van der Waals surface area contributed by atoms with Gasteiger partial charge in [0.05, 0.1) is 5.69 Å². The van der Waals surface area contributed by atoms with Gasteiger partial charge < -0.3 is 16.4 Å². The van der Waals surface area contributed by atoms with E-state index in [0.717, 1.165) is 12.0 Å². The lowest BCUT2D eigenvalue weighted by molar-refractivity contribution is 0.555. The number of aromatic nitrogens is 2. The van der Waals surface area contributed by atoms with Gasteiger partial charge >= 0.3 is 5.69 Å². The number of nitrogen functional groups attached to an aromatic ring is 1. The summed E-state index contributed by atoms with van der Waals surface area (Å²) >= 11 is 0. The molecule has 10 heteroatoms. The van der Waals surface area contributed by atoms with Crippen molar-refractivity contribution in [3.05, 3.63) is 129 Å². The molecule has 0 bridgehead atoms. The predicted molar refractivity (Wildman–Crippen MR) is 159 cm³/mol. The highest BCUT2D eigenvalue weighted by Crippen LogP contribution is 2.08. The van der Waals surface area contributed by atoms with Gasteiger partial charge in [0, 0.05) is 37.9 Å². The molecule has 0 amide bonds. The molecule has 1 aromatic heterocycles. The van der Waals surface area contributed by atoms with Crippen LogP contribution in [0, 0.1) is 5.41 Å². The Hall–Kier alpha value is -3.85. The highest BCUT2D eigenvalue weighted by molar-refractivity contribution is 5.94.